The van der Waals surface area contributed by atoms with E-state index in [1.807, 2.05) is 0 Å². The van der Waals surface area contributed by atoms with Crippen LogP contribution in [0.3, 0.4) is 0 Å². The van der Waals surface area contributed by atoms with E-state index < -0.39 is 0 Å². The van der Waals surface area contributed by atoms with Crippen molar-refractivity contribution in [2.24, 2.45) is 34.1 Å². The molecule has 3 heteroatoms. The number of esters is 1. The van der Waals surface area contributed by atoms with Crippen LogP contribution in [0.15, 0.2) is 4.99 Å². The van der Waals surface area contributed by atoms with Gasteiger partial charge in [0.05, 0.1) is 0 Å². The maximum atomic E-state index is 11.4. The average Bonchev–Trinajstić information content (AvgIpc) is 3.03. The lowest BCUT2D eigenvalue weighted by atomic mass is 9.53. The predicted molar refractivity (Wildman–Crippen MR) is 82.2 cm³/mol. The zero-order valence-corrected chi connectivity index (χ0v) is 13.3. The number of nitrogens with zero attached hydrogens (tertiary/aromatic N) is 1. The van der Waals surface area contributed by atoms with Gasteiger partial charge in [-0.2, -0.15) is 0 Å². The van der Waals surface area contributed by atoms with Gasteiger partial charge in [0.25, 0.3) is 0 Å². The SMILES string of the molecule is CC(=O)O[C@H]1CC[C@H]2C3CCC4=NCCC4C3CC[C@]12C. The molecule has 1 heterocycles. The van der Waals surface area contributed by atoms with Crippen molar-refractivity contribution >= 4 is 11.7 Å². The monoisotopic (exact) mass is 289 g/mol. The molecule has 0 aromatic heterocycles. The predicted octanol–water partition coefficient (Wildman–Crippen LogP) is 3.62. The number of hydrogen-bond acceptors (Lipinski definition) is 3. The van der Waals surface area contributed by atoms with E-state index in [2.05, 4.69) is 6.92 Å². The van der Waals surface area contributed by atoms with Crippen molar-refractivity contribution in [3.8, 4) is 0 Å². The topological polar surface area (TPSA) is 38.7 Å². The Bertz CT molecular complexity index is 486. The normalized spacial score (nSPS) is 48.1. The first-order valence-electron chi connectivity index (χ1n) is 8.80. The van der Waals surface area contributed by atoms with Crippen LogP contribution in [-0.4, -0.2) is 24.3 Å². The first-order valence-corrected chi connectivity index (χ1v) is 8.80. The Kier molecular flexibility index (Phi) is 3.16. The Morgan fingerprint density at radius 1 is 1.19 bits per heavy atom. The van der Waals surface area contributed by atoms with Gasteiger partial charge in [0, 0.05) is 30.5 Å². The van der Waals surface area contributed by atoms with Gasteiger partial charge in [-0.25, -0.2) is 0 Å². The van der Waals surface area contributed by atoms with Gasteiger partial charge in [0.15, 0.2) is 0 Å². The van der Waals surface area contributed by atoms with E-state index >= 15 is 0 Å². The van der Waals surface area contributed by atoms with Crippen LogP contribution in [0.4, 0.5) is 0 Å². The molecule has 0 aromatic carbocycles. The molecule has 0 N–H and O–H groups in total. The molecule has 0 radical (unpaired) electrons. The minimum Gasteiger partial charge on any atom is -0.462 e. The number of hydrogen-bond donors (Lipinski definition) is 0. The van der Waals surface area contributed by atoms with Gasteiger partial charge in [-0.15, -0.1) is 0 Å². The van der Waals surface area contributed by atoms with Crippen molar-refractivity contribution in [2.75, 3.05) is 6.54 Å². The van der Waals surface area contributed by atoms with Crippen molar-refractivity contribution in [1.82, 2.24) is 0 Å². The summed E-state index contributed by atoms with van der Waals surface area (Å²) in [6, 6.07) is 0. The van der Waals surface area contributed by atoms with E-state index in [1.165, 1.54) is 44.2 Å². The zero-order valence-electron chi connectivity index (χ0n) is 13.3. The molecule has 3 saturated carbocycles. The third-order valence-corrected chi connectivity index (χ3v) is 7.15. The Morgan fingerprint density at radius 2 is 2.05 bits per heavy atom. The maximum absolute atomic E-state index is 11.4. The van der Waals surface area contributed by atoms with Gasteiger partial charge in [0.2, 0.25) is 0 Å². The largest absolute Gasteiger partial charge is 0.462 e. The van der Waals surface area contributed by atoms with Crippen molar-refractivity contribution < 1.29 is 9.53 Å². The van der Waals surface area contributed by atoms with E-state index in [0.29, 0.717) is 0 Å². The highest BCUT2D eigenvalue weighted by atomic mass is 16.5. The molecule has 3 fully saturated rings. The van der Waals surface area contributed by atoms with E-state index in [1.54, 1.807) is 6.92 Å². The highest BCUT2D eigenvalue weighted by molar-refractivity contribution is 5.89. The van der Waals surface area contributed by atoms with E-state index in [4.69, 9.17) is 9.73 Å². The lowest BCUT2D eigenvalue weighted by Crippen LogP contribution is -2.48. The Labute approximate surface area is 127 Å². The summed E-state index contributed by atoms with van der Waals surface area (Å²) < 4.78 is 5.69. The zero-order chi connectivity index (χ0) is 14.6. The van der Waals surface area contributed by atoms with Gasteiger partial charge in [-0.3, -0.25) is 9.79 Å². The summed E-state index contributed by atoms with van der Waals surface area (Å²) in [5, 5.41) is 0. The van der Waals surface area contributed by atoms with Crippen LogP contribution in [0.1, 0.15) is 58.8 Å². The smallest absolute Gasteiger partial charge is 0.302 e. The molecule has 3 unspecified atom stereocenters. The Hall–Kier alpha value is -0.860. The summed E-state index contributed by atoms with van der Waals surface area (Å²) in [5.74, 6) is 3.18. The van der Waals surface area contributed by atoms with Crippen molar-refractivity contribution in [2.45, 2.75) is 64.9 Å². The number of fused-ring (bicyclic) bond motifs is 5. The number of aliphatic imine (C=N–C) groups is 1. The molecule has 0 amide bonds. The van der Waals surface area contributed by atoms with E-state index in [9.17, 15) is 4.79 Å². The summed E-state index contributed by atoms with van der Waals surface area (Å²) in [7, 11) is 0. The summed E-state index contributed by atoms with van der Waals surface area (Å²) in [4.78, 5) is 16.2. The van der Waals surface area contributed by atoms with Crippen molar-refractivity contribution in [1.29, 1.82) is 0 Å². The van der Waals surface area contributed by atoms with Crippen molar-refractivity contribution in [3.05, 3.63) is 0 Å². The molecule has 3 aliphatic carbocycles. The first kappa shape index (κ1) is 13.8. The summed E-state index contributed by atoms with van der Waals surface area (Å²) in [6.07, 6.45) is 8.92. The third-order valence-electron chi connectivity index (χ3n) is 7.15. The molecule has 0 saturated heterocycles. The van der Waals surface area contributed by atoms with Gasteiger partial charge < -0.3 is 4.74 Å². The van der Waals surface area contributed by atoms with Crippen molar-refractivity contribution in [3.63, 3.8) is 0 Å². The fraction of sp³-hybridized carbons (Fsp3) is 0.889. The molecular weight excluding hydrogens is 262 g/mol. The third kappa shape index (κ3) is 1.99. The molecule has 3 nitrogen and oxygen atoms in total. The molecule has 0 bridgehead atoms. The molecular formula is C18H27NO2. The highest BCUT2D eigenvalue weighted by Crippen LogP contribution is 2.61. The molecule has 0 aromatic rings. The average molecular weight is 289 g/mol. The standard InChI is InChI=1S/C18H27NO2/c1-11(20)21-17-6-4-15-13-3-5-16-14(8-10-19-16)12(13)7-9-18(15,17)2/h12-15,17H,3-10H2,1-2H3/t12?,13?,14?,15-,17-,18-/m0/s1. The number of rotatable bonds is 1. The van der Waals surface area contributed by atoms with Crippen LogP contribution in [0.2, 0.25) is 0 Å². The lowest BCUT2D eigenvalue weighted by molar-refractivity contribution is -0.155. The molecule has 4 rings (SSSR count). The van der Waals surface area contributed by atoms with Crippen LogP contribution in [0.5, 0.6) is 0 Å². The highest BCUT2D eigenvalue weighted by Gasteiger charge is 2.57. The Morgan fingerprint density at radius 3 is 2.86 bits per heavy atom. The summed E-state index contributed by atoms with van der Waals surface area (Å²) in [5.41, 5.74) is 1.77. The molecule has 4 aliphatic rings. The minimum absolute atomic E-state index is 0.0992. The van der Waals surface area contributed by atoms with Crippen LogP contribution in [0.25, 0.3) is 0 Å². The van der Waals surface area contributed by atoms with Crippen LogP contribution >= 0.6 is 0 Å². The van der Waals surface area contributed by atoms with Gasteiger partial charge in [-0.05, 0) is 62.7 Å². The van der Waals surface area contributed by atoms with E-state index in [0.717, 1.165) is 36.6 Å². The second kappa shape index (κ2) is 4.82. The number of ether oxygens (including phenoxy) is 1. The minimum atomic E-state index is -0.0992. The molecule has 1 aliphatic heterocycles. The maximum Gasteiger partial charge on any atom is 0.302 e. The van der Waals surface area contributed by atoms with E-state index in [-0.39, 0.29) is 17.5 Å². The van der Waals surface area contributed by atoms with Crippen LogP contribution < -0.4 is 0 Å². The van der Waals surface area contributed by atoms with Crippen LogP contribution in [-0.2, 0) is 9.53 Å². The van der Waals surface area contributed by atoms with Crippen LogP contribution in [0, 0.1) is 29.1 Å². The van der Waals surface area contributed by atoms with Gasteiger partial charge in [0.1, 0.15) is 6.10 Å². The fourth-order valence-corrected chi connectivity index (χ4v) is 6.25. The summed E-state index contributed by atoms with van der Waals surface area (Å²) >= 11 is 0. The molecule has 21 heavy (non-hydrogen) atoms. The van der Waals surface area contributed by atoms with Gasteiger partial charge >= 0.3 is 5.97 Å². The van der Waals surface area contributed by atoms with Gasteiger partial charge in [-0.1, -0.05) is 6.92 Å². The Balaban J connectivity index is 1.57. The second-order valence-electron chi connectivity index (χ2n) is 7.96. The number of carbonyl (C=O) groups is 1. The quantitative estimate of drug-likeness (QED) is 0.692. The first-order chi connectivity index (χ1) is 10.1. The lowest BCUT2D eigenvalue weighted by Gasteiger charge is -2.52. The molecule has 0 spiro atoms. The second-order valence-corrected chi connectivity index (χ2v) is 7.96. The fourth-order valence-electron chi connectivity index (χ4n) is 6.25. The molecule has 116 valence electrons. The summed E-state index contributed by atoms with van der Waals surface area (Å²) in [6.45, 7) is 5.03. The molecule has 6 atom stereocenters. The number of carbonyl (C=O) groups excluding carboxylic acids is 1.